The second-order valence-electron chi connectivity index (χ2n) is 4.23. The fraction of sp³-hybridized carbons (Fsp3) is 0.538. The third-order valence-electron chi connectivity index (χ3n) is 2.86. The van der Waals surface area contributed by atoms with Crippen LogP contribution in [0.1, 0.15) is 44.0 Å². The average molecular weight is 252 g/mol. The molecule has 0 aromatic carbocycles. The van der Waals surface area contributed by atoms with Gasteiger partial charge in [-0.15, -0.1) is 0 Å². The normalized spacial score (nSPS) is 12.2. The van der Waals surface area contributed by atoms with Gasteiger partial charge in [-0.3, -0.25) is 9.59 Å². The van der Waals surface area contributed by atoms with Crippen LogP contribution in [0.5, 0.6) is 0 Å². The molecule has 0 saturated heterocycles. The lowest BCUT2D eigenvalue weighted by Crippen LogP contribution is -2.47. The van der Waals surface area contributed by atoms with Crippen molar-refractivity contribution in [1.82, 2.24) is 10.6 Å². The van der Waals surface area contributed by atoms with Gasteiger partial charge in [0.1, 0.15) is 12.3 Å². The van der Waals surface area contributed by atoms with Crippen LogP contribution in [0.15, 0.2) is 23.0 Å². The van der Waals surface area contributed by atoms with Gasteiger partial charge in [-0.05, 0) is 25.8 Å². The quantitative estimate of drug-likeness (QED) is 0.809. The molecule has 2 N–H and O–H groups in total. The van der Waals surface area contributed by atoms with Crippen molar-refractivity contribution in [1.29, 1.82) is 0 Å². The van der Waals surface area contributed by atoms with E-state index in [2.05, 4.69) is 10.6 Å². The molecule has 2 amide bonds. The van der Waals surface area contributed by atoms with Gasteiger partial charge in [0, 0.05) is 6.04 Å². The van der Waals surface area contributed by atoms with Gasteiger partial charge in [0.2, 0.25) is 5.91 Å². The summed E-state index contributed by atoms with van der Waals surface area (Å²) in [5.41, 5.74) is 0.414. The molecule has 0 aliphatic carbocycles. The van der Waals surface area contributed by atoms with Crippen molar-refractivity contribution in [3.63, 3.8) is 0 Å². The topological polar surface area (TPSA) is 71.3 Å². The van der Waals surface area contributed by atoms with Crippen LogP contribution in [0.3, 0.4) is 0 Å². The average Bonchev–Trinajstić information content (AvgIpc) is 2.89. The number of nitrogens with one attached hydrogen (secondary N) is 2. The second-order valence-corrected chi connectivity index (χ2v) is 4.23. The Balaban J connectivity index is 2.47. The highest BCUT2D eigenvalue weighted by Gasteiger charge is 2.18. The Morgan fingerprint density at radius 2 is 1.94 bits per heavy atom. The highest BCUT2D eigenvalue weighted by atomic mass is 16.3. The monoisotopic (exact) mass is 252 g/mol. The first-order chi connectivity index (χ1) is 8.58. The molecule has 1 aromatic rings. The zero-order valence-electron chi connectivity index (χ0n) is 11.0. The SMILES string of the molecule is CCC(CC)NC(=O)C(C)NC(=O)c1ccoc1. The lowest BCUT2D eigenvalue weighted by Gasteiger charge is -2.19. The molecule has 0 radical (unpaired) electrons. The number of hydrogen-bond donors (Lipinski definition) is 2. The van der Waals surface area contributed by atoms with Crippen LogP contribution in [-0.2, 0) is 4.79 Å². The zero-order valence-corrected chi connectivity index (χ0v) is 11.0. The molecular weight excluding hydrogens is 232 g/mol. The van der Waals surface area contributed by atoms with E-state index in [0.717, 1.165) is 12.8 Å². The molecule has 5 heteroatoms. The van der Waals surface area contributed by atoms with Crippen molar-refractivity contribution < 1.29 is 14.0 Å². The molecule has 100 valence electrons. The Hall–Kier alpha value is -1.78. The Labute approximate surface area is 107 Å². The van der Waals surface area contributed by atoms with Crippen molar-refractivity contribution >= 4 is 11.8 Å². The predicted molar refractivity (Wildman–Crippen MR) is 68.1 cm³/mol. The molecule has 0 spiro atoms. The number of hydrogen-bond acceptors (Lipinski definition) is 3. The summed E-state index contributed by atoms with van der Waals surface area (Å²) in [6.07, 6.45) is 4.53. The Kier molecular flexibility index (Phi) is 5.42. The van der Waals surface area contributed by atoms with Gasteiger partial charge in [-0.25, -0.2) is 0 Å². The minimum absolute atomic E-state index is 0.158. The van der Waals surface area contributed by atoms with E-state index in [9.17, 15) is 9.59 Å². The number of furan rings is 1. The van der Waals surface area contributed by atoms with Crippen LogP contribution in [0, 0.1) is 0 Å². The number of rotatable bonds is 6. The van der Waals surface area contributed by atoms with E-state index < -0.39 is 6.04 Å². The standard InChI is InChI=1S/C13H20N2O3/c1-4-11(5-2)15-12(16)9(3)14-13(17)10-6-7-18-8-10/h6-9,11H,4-5H2,1-3H3,(H,14,17)(H,15,16). The van der Waals surface area contributed by atoms with Crippen molar-refractivity contribution in [2.45, 2.75) is 45.7 Å². The maximum Gasteiger partial charge on any atom is 0.255 e. The first kappa shape index (κ1) is 14.3. The Morgan fingerprint density at radius 3 is 2.44 bits per heavy atom. The minimum atomic E-state index is -0.562. The van der Waals surface area contributed by atoms with Crippen LogP contribution in [0.4, 0.5) is 0 Å². The fourth-order valence-electron chi connectivity index (χ4n) is 1.56. The van der Waals surface area contributed by atoms with Crippen molar-refractivity contribution in [2.24, 2.45) is 0 Å². The number of amides is 2. The van der Waals surface area contributed by atoms with E-state index in [-0.39, 0.29) is 17.9 Å². The summed E-state index contributed by atoms with van der Waals surface area (Å²) in [6, 6.07) is 1.15. The largest absolute Gasteiger partial charge is 0.472 e. The summed E-state index contributed by atoms with van der Waals surface area (Å²) in [6.45, 7) is 5.70. The predicted octanol–water partition coefficient (Wildman–Crippen LogP) is 1.70. The number of carbonyl (C=O) groups is 2. The van der Waals surface area contributed by atoms with Crippen LogP contribution in [0.25, 0.3) is 0 Å². The maximum atomic E-state index is 11.8. The lowest BCUT2D eigenvalue weighted by molar-refractivity contribution is -0.123. The van der Waals surface area contributed by atoms with E-state index in [1.54, 1.807) is 13.0 Å². The van der Waals surface area contributed by atoms with Crippen molar-refractivity contribution in [3.8, 4) is 0 Å². The van der Waals surface area contributed by atoms with Crippen LogP contribution < -0.4 is 10.6 Å². The summed E-state index contributed by atoms with van der Waals surface area (Å²) in [5.74, 6) is -0.475. The molecule has 0 fully saturated rings. The smallest absolute Gasteiger partial charge is 0.255 e. The molecule has 1 heterocycles. The Bertz CT molecular complexity index is 383. The number of carbonyl (C=O) groups excluding carboxylic acids is 2. The minimum Gasteiger partial charge on any atom is -0.472 e. The molecule has 1 unspecified atom stereocenters. The van der Waals surface area contributed by atoms with E-state index in [1.165, 1.54) is 12.5 Å². The molecular formula is C13H20N2O3. The molecule has 0 bridgehead atoms. The summed E-state index contributed by atoms with van der Waals surface area (Å²) in [5, 5.41) is 5.51. The second kappa shape index (κ2) is 6.83. The fourth-order valence-corrected chi connectivity index (χ4v) is 1.56. The van der Waals surface area contributed by atoms with Crippen LogP contribution in [0.2, 0.25) is 0 Å². The molecule has 1 atom stereocenters. The highest BCUT2D eigenvalue weighted by Crippen LogP contribution is 2.01. The lowest BCUT2D eigenvalue weighted by atomic mass is 10.1. The van der Waals surface area contributed by atoms with E-state index in [1.807, 2.05) is 13.8 Å². The molecule has 1 rings (SSSR count). The van der Waals surface area contributed by atoms with E-state index in [0.29, 0.717) is 5.56 Å². The summed E-state index contributed by atoms with van der Waals surface area (Å²) < 4.78 is 4.82. The third kappa shape index (κ3) is 3.91. The van der Waals surface area contributed by atoms with Gasteiger partial charge in [0.25, 0.3) is 5.91 Å². The van der Waals surface area contributed by atoms with E-state index >= 15 is 0 Å². The third-order valence-corrected chi connectivity index (χ3v) is 2.86. The molecule has 18 heavy (non-hydrogen) atoms. The van der Waals surface area contributed by atoms with Crippen LogP contribution in [-0.4, -0.2) is 23.9 Å². The summed E-state index contributed by atoms with van der Waals surface area (Å²) >= 11 is 0. The maximum absolute atomic E-state index is 11.8. The van der Waals surface area contributed by atoms with Crippen LogP contribution >= 0.6 is 0 Å². The Morgan fingerprint density at radius 1 is 1.28 bits per heavy atom. The zero-order chi connectivity index (χ0) is 13.5. The van der Waals surface area contributed by atoms with Crippen molar-refractivity contribution in [3.05, 3.63) is 24.2 Å². The van der Waals surface area contributed by atoms with Gasteiger partial charge >= 0.3 is 0 Å². The molecule has 0 aliphatic rings. The van der Waals surface area contributed by atoms with Gasteiger partial charge < -0.3 is 15.1 Å². The molecule has 5 nitrogen and oxygen atoms in total. The molecule has 0 aliphatic heterocycles. The highest BCUT2D eigenvalue weighted by molar-refractivity contribution is 5.97. The van der Waals surface area contributed by atoms with Crippen molar-refractivity contribution in [2.75, 3.05) is 0 Å². The van der Waals surface area contributed by atoms with Gasteiger partial charge in [0.15, 0.2) is 0 Å². The van der Waals surface area contributed by atoms with E-state index in [4.69, 9.17) is 4.42 Å². The first-order valence-electron chi connectivity index (χ1n) is 6.21. The molecule has 1 aromatic heterocycles. The van der Waals surface area contributed by atoms with Gasteiger partial charge in [-0.2, -0.15) is 0 Å². The summed E-state index contributed by atoms with van der Waals surface area (Å²) in [7, 11) is 0. The van der Waals surface area contributed by atoms with Gasteiger partial charge in [-0.1, -0.05) is 13.8 Å². The first-order valence-corrected chi connectivity index (χ1v) is 6.21. The molecule has 0 saturated carbocycles. The van der Waals surface area contributed by atoms with Gasteiger partial charge in [0.05, 0.1) is 11.8 Å². The summed E-state index contributed by atoms with van der Waals surface area (Å²) in [4.78, 5) is 23.5.